The number of carbonyl (C=O) groups is 2. The Morgan fingerprint density at radius 1 is 1.25 bits per heavy atom. The lowest BCUT2D eigenvalue weighted by Gasteiger charge is -2.17. The lowest BCUT2D eigenvalue weighted by Crippen LogP contribution is -2.33. The molecule has 7 heteroatoms. The zero-order valence-corrected chi connectivity index (χ0v) is 15.3. The normalized spacial score (nSPS) is 18.9. The summed E-state index contributed by atoms with van der Waals surface area (Å²) < 4.78 is 25.3. The summed E-state index contributed by atoms with van der Waals surface area (Å²) in [5.74, 6) is -0.367. The van der Waals surface area contributed by atoms with Gasteiger partial charge >= 0.3 is 0 Å². The van der Waals surface area contributed by atoms with E-state index >= 15 is 0 Å². The molecule has 0 saturated carbocycles. The molecule has 0 radical (unpaired) electrons. The number of hydrogen-bond acceptors (Lipinski definition) is 4. The van der Waals surface area contributed by atoms with E-state index in [0.29, 0.717) is 18.0 Å². The standard InChI is InChI=1S/C17H24N2O4S/c1-12(2)9-10-18-15(20)13-5-7-14(8-6-13)19-16(21)17(3,4)11-24(19,22)23/h5-8,12H,9-11H2,1-4H3,(H,18,20). The molecule has 1 N–H and O–H groups in total. The summed E-state index contributed by atoms with van der Waals surface area (Å²) in [6, 6.07) is 6.06. The highest BCUT2D eigenvalue weighted by molar-refractivity contribution is 7.94. The van der Waals surface area contributed by atoms with Gasteiger partial charge < -0.3 is 5.32 Å². The summed E-state index contributed by atoms with van der Waals surface area (Å²) in [7, 11) is -3.67. The van der Waals surface area contributed by atoms with Crippen LogP contribution in [0.1, 0.15) is 44.5 Å². The fourth-order valence-electron chi connectivity index (χ4n) is 2.59. The average Bonchev–Trinajstić information content (AvgIpc) is 2.62. The molecule has 0 spiro atoms. The predicted molar refractivity (Wildman–Crippen MR) is 93.3 cm³/mol. The first kappa shape index (κ1) is 18.4. The molecule has 1 saturated heterocycles. The van der Waals surface area contributed by atoms with Crippen LogP contribution < -0.4 is 9.62 Å². The molecule has 0 atom stereocenters. The molecular formula is C17H24N2O4S. The zero-order chi connectivity index (χ0) is 18.1. The van der Waals surface area contributed by atoms with Crippen molar-refractivity contribution >= 4 is 27.5 Å². The highest BCUT2D eigenvalue weighted by atomic mass is 32.2. The molecule has 1 aromatic carbocycles. The van der Waals surface area contributed by atoms with E-state index in [1.807, 2.05) is 0 Å². The van der Waals surface area contributed by atoms with E-state index in [4.69, 9.17) is 0 Å². The van der Waals surface area contributed by atoms with Crippen LogP contribution in [0, 0.1) is 11.3 Å². The molecule has 1 aliphatic heterocycles. The highest BCUT2D eigenvalue weighted by Gasteiger charge is 2.49. The fraction of sp³-hybridized carbons (Fsp3) is 0.529. The van der Waals surface area contributed by atoms with E-state index in [1.54, 1.807) is 13.8 Å². The van der Waals surface area contributed by atoms with E-state index in [2.05, 4.69) is 19.2 Å². The van der Waals surface area contributed by atoms with Crippen molar-refractivity contribution in [3.63, 3.8) is 0 Å². The Labute approximate surface area is 143 Å². The zero-order valence-electron chi connectivity index (χ0n) is 14.5. The molecule has 132 valence electrons. The van der Waals surface area contributed by atoms with Crippen LogP contribution >= 0.6 is 0 Å². The number of nitrogens with one attached hydrogen (secondary N) is 1. The van der Waals surface area contributed by atoms with Crippen molar-refractivity contribution in [2.45, 2.75) is 34.1 Å². The van der Waals surface area contributed by atoms with Crippen LogP contribution in [0.2, 0.25) is 0 Å². The Morgan fingerprint density at radius 2 is 1.83 bits per heavy atom. The van der Waals surface area contributed by atoms with E-state index in [9.17, 15) is 18.0 Å². The number of nitrogens with zero attached hydrogens (tertiary/aromatic N) is 1. The Hall–Kier alpha value is -1.89. The lowest BCUT2D eigenvalue weighted by atomic mass is 9.95. The number of hydrogen-bond donors (Lipinski definition) is 1. The molecule has 1 aliphatic rings. The lowest BCUT2D eigenvalue weighted by molar-refractivity contribution is -0.123. The molecule has 6 nitrogen and oxygen atoms in total. The van der Waals surface area contributed by atoms with Gasteiger partial charge in [-0.3, -0.25) is 9.59 Å². The summed E-state index contributed by atoms with van der Waals surface area (Å²) in [5, 5.41) is 2.82. The number of benzene rings is 1. The minimum absolute atomic E-state index is 0.210. The topological polar surface area (TPSA) is 83.6 Å². The van der Waals surface area contributed by atoms with Gasteiger partial charge in [0.15, 0.2) is 0 Å². The third kappa shape index (κ3) is 3.77. The summed E-state index contributed by atoms with van der Waals surface area (Å²) in [6.45, 7) is 7.98. The molecule has 1 aromatic rings. The number of rotatable bonds is 5. The second-order valence-corrected chi connectivity index (χ2v) is 9.01. The van der Waals surface area contributed by atoms with Crippen molar-refractivity contribution in [1.82, 2.24) is 5.32 Å². The quantitative estimate of drug-likeness (QED) is 0.880. The molecule has 0 unspecified atom stereocenters. The maximum atomic E-state index is 12.3. The summed E-state index contributed by atoms with van der Waals surface area (Å²) in [6.07, 6.45) is 0.888. The maximum absolute atomic E-state index is 12.3. The Bertz CT molecular complexity index is 736. The van der Waals surface area contributed by atoms with Crippen molar-refractivity contribution < 1.29 is 18.0 Å². The van der Waals surface area contributed by atoms with E-state index in [0.717, 1.165) is 10.7 Å². The number of anilines is 1. The second-order valence-electron chi connectivity index (χ2n) is 7.19. The van der Waals surface area contributed by atoms with Gasteiger partial charge in [-0.05, 0) is 50.5 Å². The van der Waals surface area contributed by atoms with Crippen molar-refractivity contribution in [1.29, 1.82) is 0 Å². The minimum Gasteiger partial charge on any atom is -0.352 e. The Morgan fingerprint density at radius 3 is 2.29 bits per heavy atom. The van der Waals surface area contributed by atoms with Crippen molar-refractivity contribution in [3.8, 4) is 0 Å². The van der Waals surface area contributed by atoms with Gasteiger partial charge in [0.05, 0.1) is 16.9 Å². The smallest absolute Gasteiger partial charge is 0.251 e. The van der Waals surface area contributed by atoms with Crippen molar-refractivity contribution in [2.24, 2.45) is 11.3 Å². The van der Waals surface area contributed by atoms with Gasteiger partial charge in [-0.1, -0.05) is 13.8 Å². The van der Waals surface area contributed by atoms with Crippen LogP contribution in [0.5, 0.6) is 0 Å². The van der Waals surface area contributed by atoms with Gasteiger partial charge in [0.2, 0.25) is 15.9 Å². The number of carbonyl (C=O) groups excluding carboxylic acids is 2. The first-order valence-corrected chi connectivity index (χ1v) is 9.61. The van der Waals surface area contributed by atoms with Crippen molar-refractivity contribution in [3.05, 3.63) is 29.8 Å². The molecule has 1 heterocycles. The third-order valence-electron chi connectivity index (χ3n) is 3.96. The molecule has 24 heavy (non-hydrogen) atoms. The fourth-order valence-corrected chi connectivity index (χ4v) is 4.69. The molecule has 0 aliphatic carbocycles. The first-order valence-electron chi connectivity index (χ1n) is 8.00. The SMILES string of the molecule is CC(C)CCNC(=O)c1ccc(N2C(=O)C(C)(C)CS2(=O)=O)cc1. The maximum Gasteiger partial charge on any atom is 0.251 e. The van der Waals surface area contributed by atoms with Crippen molar-refractivity contribution in [2.75, 3.05) is 16.6 Å². The average molecular weight is 352 g/mol. The highest BCUT2D eigenvalue weighted by Crippen LogP contribution is 2.35. The summed E-state index contributed by atoms with van der Waals surface area (Å²) in [5.41, 5.74) is -0.235. The molecular weight excluding hydrogens is 328 g/mol. The van der Waals surface area contributed by atoms with E-state index in [1.165, 1.54) is 24.3 Å². The number of sulfonamides is 1. The Kier molecular flexibility index (Phi) is 5.03. The van der Waals surface area contributed by atoms with Crippen LogP contribution in [-0.4, -0.2) is 32.5 Å². The molecule has 2 amide bonds. The van der Waals surface area contributed by atoms with Crippen LogP contribution in [0.4, 0.5) is 5.69 Å². The largest absolute Gasteiger partial charge is 0.352 e. The van der Waals surface area contributed by atoms with Gasteiger partial charge in [-0.25, -0.2) is 12.7 Å². The van der Waals surface area contributed by atoms with Crippen LogP contribution in [0.15, 0.2) is 24.3 Å². The van der Waals surface area contributed by atoms with Crippen LogP contribution in [-0.2, 0) is 14.8 Å². The van der Waals surface area contributed by atoms with Gasteiger partial charge in [0.25, 0.3) is 5.91 Å². The second kappa shape index (κ2) is 6.55. The monoisotopic (exact) mass is 352 g/mol. The van der Waals surface area contributed by atoms with Gasteiger partial charge in [-0.2, -0.15) is 0 Å². The third-order valence-corrected chi connectivity index (χ3v) is 5.98. The summed E-state index contributed by atoms with van der Waals surface area (Å²) >= 11 is 0. The molecule has 0 aromatic heterocycles. The molecule has 1 fully saturated rings. The number of amides is 2. The van der Waals surface area contributed by atoms with E-state index < -0.39 is 21.3 Å². The molecule has 2 rings (SSSR count). The molecule has 0 bridgehead atoms. The van der Waals surface area contributed by atoms with Gasteiger partial charge in [0.1, 0.15) is 0 Å². The minimum atomic E-state index is -3.67. The first-order chi connectivity index (χ1) is 11.0. The van der Waals surface area contributed by atoms with Crippen LogP contribution in [0.25, 0.3) is 0 Å². The predicted octanol–water partition coefficient (Wildman–Crippen LogP) is 2.17. The Balaban J connectivity index is 2.15. The van der Waals surface area contributed by atoms with Gasteiger partial charge in [-0.15, -0.1) is 0 Å². The van der Waals surface area contributed by atoms with Gasteiger partial charge in [0, 0.05) is 12.1 Å². The summed E-state index contributed by atoms with van der Waals surface area (Å²) in [4.78, 5) is 24.4. The van der Waals surface area contributed by atoms with Crippen LogP contribution in [0.3, 0.4) is 0 Å². The van der Waals surface area contributed by atoms with E-state index in [-0.39, 0.29) is 17.3 Å².